The van der Waals surface area contributed by atoms with Crippen LogP contribution in [0.4, 0.5) is 5.69 Å². The van der Waals surface area contributed by atoms with Crippen molar-refractivity contribution in [2.75, 3.05) is 17.9 Å². The maximum Gasteiger partial charge on any atom is 0.231 e. The molecular weight excluding hydrogens is 420 g/mol. The molecule has 6 nitrogen and oxygen atoms in total. The van der Waals surface area contributed by atoms with Gasteiger partial charge in [-0.15, -0.1) is 11.3 Å². The van der Waals surface area contributed by atoms with Gasteiger partial charge in [-0.2, -0.15) is 0 Å². The molecule has 30 heavy (non-hydrogen) atoms. The fourth-order valence-electron chi connectivity index (χ4n) is 2.91. The van der Waals surface area contributed by atoms with Crippen molar-refractivity contribution in [1.82, 2.24) is 4.98 Å². The van der Waals surface area contributed by atoms with E-state index in [0.29, 0.717) is 22.8 Å². The van der Waals surface area contributed by atoms with Crippen LogP contribution in [0.15, 0.2) is 52.2 Å². The van der Waals surface area contributed by atoms with Crippen molar-refractivity contribution in [3.8, 4) is 11.5 Å². The monoisotopic (exact) mass is 440 g/mol. The Morgan fingerprint density at radius 3 is 2.73 bits per heavy atom. The van der Waals surface area contributed by atoms with Crippen molar-refractivity contribution in [2.45, 2.75) is 24.1 Å². The number of Topliss-reactive ketones (excluding diaryl/α,β-unsaturated/α-hetero) is 1. The summed E-state index contributed by atoms with van der Waals surface area (Å²) in [6.45, 7) is 2.27. The van der Waals surface area contributed by atoms with E-state index in [-0.39, 0.29) is 30.7 Å². The number of nitrogens with zero attached hydrogens (tertiary/aromatic N) is 1. The Bertz CT molecular complexity index is 1060. The Morgan fingerprint density at radius 2 is 1.93 bits per heavy atom. The van der Waals surface area contributed by atoms with Crippen molar-refractivity contribution < 1.29 is 19.1 Å². The number of fused-ring (bicyclic) bond motifs is 1. The molecule has 1 aromatic heterocycles. The molecule has 2 heterocycles. The van der Waals surface area contributed by atoms with Crippen molar-refractivity contribution in [3.05, 3.63) is 64.7 Å². The Labute approximate surface area is 182 Å². The number of thiazole rings is 1. The lowest BCUT2D eigenvalue weighted by Gasteiger charge is -2.05. The van der Waals surface area contributed by atoms with E-state index in [1.807, 2.05) is 29.6 Å². The summed E-state index contributed by atoms with van der Waals surface area (Å²) < 4.78 is 11.3. The van der Waals surface area contributed by atoms with Crippen LogP contribution < -0.4 is 14.8 Å². The number of carbonyl (C=O) groups excluding carboxylic acids is 2. The van der Waals surface area contributed by atoms with Gasteiger partial charge in [0.25, 0.3) is 0 Å². The number of hydrogen-bond donors (Lipinski definition) is 1. The van der Waals surface area contributed by atoms with E-state index in [1.54, 1.807) is 18.2 Å². The van der Waals surface area contributed by atoms with Gasteiger partial charge in [-0.05, 0) is 42.3 Å². The molecule has 0 saturated heterocycles. The highest BCUT2D eigenvalue weighted by Crippen LogP contribution is 2.33. The fourth-order valence-corrected chi connectivity index (χ4v) is 4.65. The number of amides is 1. The summed E-state index contributed by atoms with van der Waals surface area (Å²) in [6, 6.07) is 13.0. The van der Waals surface area contributed by atoms with Crippen LogP contribution in [0, 0.1) is 0 Å². The molecular formula is C22H20N2O4S2. The lowest BCUT2D eigenvalue weighted by molar-refractivity contribution is -0.115. The largest absolute Gasteiger partial charge is 0.454 e. The first-order valence-electron chi connectivity index (χ1n) is 9.49. The van der Waals surface area contributed by atoms with E-state index in [1.165, 1.54) is 28.7 Å². The number of ketones is 1. The molecule has 2 aromatic carbocycles. The molecule has 8 heteroatoms. The number of hydrogen-bond acceptors (Lipinski definition) is 7. The maximum atomic E-state index is 12.4. The molecule has 0 aliphatic carbocycles. The smallest absolute Gasteiger partial charge is 0.231 e. The van der Waals surface area contributed by atoms with Crippen molar-refractivity contribution in [1.29, 1.82) is 0 Å². The quantitative estimate of drug-likeness (QED) is 0.408. The maximum absolute atomic E-state index is 12.4. The predicted molar refractivity (Wildman–Crippen MR) is 118 cm³/mol. The number of rotatable bonds is 8. The van der Waals surface area contributed by atoms with Gasteiger partial charge in [0.2, 0.25) is 12.7 Å². The molecule has 0 radical (unpaired) electrons. The summed E-state index contributed by atoms with van der Waals surface area (Å²) >= 11 is 2.80. The van der Waals surface area contributed by atoms with Gasteiger partial charge in [-0.25, -0.2) is 4.98 Å². The van der Waals surface area contributed by atoms with Gasteiger partial charge >= 0.3 is 0 Å². The zero-order valence-electron chi connectivity index (χ0n) is 16.3. The summed E-state index contributed by atoms with van der Waals surface area (Å²) in [5.74, 6) is 1.39. The fraction of sp³-hybridized carbons (Fsp3) is 0.227. The average Bonchev–Trinajstić information content (AvgIpc) is 3.41. The first-order valence-corrected chi connectivity index (χ1v) is 11.4. The van der Waals surface area contributed by atoms with Crippen LogP contribution >= 0.6 is 23.1 Å². The minimum absolute atomic E-state index is 0.0108. The topological polar surface area (TPSA) is 77.5 Å². The van der Waals surface area contributed by atoms with E-state index in [4.69, 9.17) is 9.47 Å². The van der Waals surface area contributed by atoms with Crippen molar-refractivity contribution >= 4 is 40.5 Å². The van der Waals surface area contributed by atoms with Gasteiger partial charge in [-0.3, -0.25) is 9.59 Å². The second kappa shape index (κ2) is 9.32. The van der Waals surface area contributed by atoms with Gasteiger partial charge in [0.1, 0.15) is 0 Å². The minimum Gasteiger partial charge on any atom is -0.454 e. The second-order valence-electron chi connectivity index (χ2n) is 6.66. The zero-order chi connectivity index (χ0) is 20.9. The molecule has 3 aromatic rings. The normalized spacial score (nSPS) is 12.0. The number of carbonyl (C=O) groups is 2. The Balaban J connectivity index is 1.28. The summed E-state index contributed by atoms with van der Waals surface area (Å²) in [4.78, 5) is 29.2. The van der Waals surface area contributed by atoms with Crippen LogP contribution in [-0.2, 0) is 17.6 Å². The number of ether oxygens (including phenoxy) is 2. The molecule has 1 aliphatic heterocycles. The van der Waals surface area contributed by atoms with Crippen LogP contribution in [0.25, 0.3) is 0 Å². The Morgan fingerprint density at radius 1 is 1.13 bits per heavy atom. The summed E-state index contributed by atoms with van der Waals surface area (Å²) in [6.07, 6.45) is 1.16. The number of aromatic nitrogens is 1. The molecule has 1 amide bonds. The van der Waals surface area contributed by atoms with Gasteiger partial charge in [0, 0.05) is 16.6 Å². The first kappa shape index (κ1) is 20.4. The molecule has 0 bridgehead atoms. The molecule has 4 rings (SSSR count). The van der Waals surface area contributed by atoms with Crippen LogP contribution in [0.2, 0.25) is 0 Å². The van der Waals surface area contributed by atoms with Gasteiger partial charge in [0.05, 0.1) is 17.9 Å². The lowest BCUT2D eigenvalue weighted by Crippen LogP contribution is -2.14. The number of aryl methyl sites for hydroxylation is 1. The molecule has 1 N–H and O–H groups in total. The van der Waals surface area contributed by atoms with E-state index in [0.717, 1.165) is 16.4 Å². The molecule has 1 aliphatic rings. The third-order valence-electron chi connectivity index (χ3n) is 4.54. The first-order chi connectivity index (χ1) is 14.6. The number of thioether (sulfide) groups is 1. The van der Waals surface area contributed by atoms with Crippen LogP contribution in [0.5, 0.6) is 11.5 Å². The van der Waals surface area contributed by atoms with Crippen LogP contribution in [0.1, 0.15) is 28.5 Å². The third kappa shape index (κ3) is 5.01. The Kier molecular flexibility index (Phi) is 6.35. The molecule has 154 valence electrons. The van der Waals surface area contributed by atoms with E-state index in [2.05, 4.69) is 17.2 Å². The second-order valence-corrected chi connectivity index (χ2v) is 8.74. The van der Waals surface area contributed by atoms with E-state index in [9.17, 15) is 9.59 Å². The molecule has 0 atom stereocenters. The number of benzene rings is 2. The third-order valence-corrected chi connectivity index (χ3v) is 6.61. The highest BCUT2D eigenvalue weighted by Gasteiger charge is 2.17. The highest BCUT2D eigenvalue weighted by molar-refractivity contribution is 8.01. The number of nitrogens with one attached hydrogen (secondary N) is 1. The highest BCUT2D eigenvalue weighted by atomic mass is 32.2. The van der Waals surface area contributed by atoms with Crippen molar-refractivity contribution in [3.63, 3.8) is 0 Å². The Hall–Kier alpha value is -2.84. The molecule has 0 fully saturated rings. The zero-order valence-corrected chi connectivity index (χ0v) is 18.0. The molecule has 0 saturated carbocycles. The van der Waals surface area contributed by atoms with Gasteiger partial charge < -0.3 is 14.8 Å². The van der Waals surface area contributed by atoms with Crippen molar-refractivity contribution in [2.24, 2.45) is 0 Å². The minimum atomic E-state index is -0.113. The van der Waals surface area contributed by atoms with E-state index >= 15 is 0 Å². The molecule has 0 spiro atoms. The SMILES string of the molecule is CCc1ccc(NC(=O)Cc2csc(SCC(=O)c3ccc4c(c3)OCO4)n2)cc1. The van der Waals surface area contributed by atoms with Gasteiger partial charge in [0.15, 0.2) is 21.6 Å². The standard InChI is InChI=1S/C22H20N2O4S2/c1-2-14-3-6-16(7-4-14)23-21(26)10-17-11-29-22(24-17)30-12-18(25)15-5-8-19-20(9-15)28-13-27-19/h3-9,11H,2,10,12-13H2,1H3,(H,23,26). The lowest BCUT2D eigenvalue weighted by atomic mass is 10.1. The summed E-state index contributed by atoms with van der Waals surface area (Å²) in [7, 11) is 0. The average molecular weight is 441 g/mol. The van der Waals surface area contributed by atoms with Crippen LogP contribution in [0.3, 0.4) is 0 Å². The number of anilines is 1. The molecule has 0 unspecified atom stereocenters. The van der Waals surface area contributed by atoms with E-state index < -0.39 is 0 Å². The summed E-state index contributed by atoms with van der Waals surface area (Å²) in [5.41, 5.74) is 3.28. The van der Waals surface area contributed by atoms with Crippen LogP contribution in [-0.4, -0.2) is 29.2 Å². The predicted octanol–water partition coefficient (Wildman–Crippen LogP) is 4.59. The summed E-state index contributed by atoms with van der Waals surface area (Å²) in [5, 5.41) is 4.74. The van der Waals surface area contributed by atoms with Gasteiger partial charge in [-0.1, -0.05) is 30.8 Å².